The van der Waals surface area contributed by atoms with Crippen LogP contribution in [0.25, 0.3) is 0 Å². The first-order valence-electron chi connectivity index (χ1n) is 5.98. The SMILES string of the molecule is CCC(C#N)COC1COCCCOC1C. The molecule has 0 saturated carbocycles. The van der Waals surface area contributed by atoms with Gasteiger partial charge in [-0.25, -0.2) is 0 Å². The lowest BCUT2D eigenvalue weighted by atomic mass is 10.1. The molecule has 0 aromatic heterocycles. The lowest BCUT2D eigenvalue weighted by molar-refractivity contribution is -0.120. The molecule has 0 aromatic rings. The Morgan fingerprint density at radius 3 is 3.00 bits per heavy atom. The van der Waals surface area contributed by atoms with E-state index in [4.69, 9.17) is 19.5 Å². The van der Waals surface area contributed by atoms with Crippen molar-refractivity contribution < 1.29 is 14.2 Å². The van der Waals surface area contributed by atoms with Crippen molar-refractivity contribution in [1.82, 2.24) is 0 Å². The fraction of sp³-hybridized carbons (Fsp3) is 0.917. The minimum absolute atomic E-state index is 0.0300. The lowest BCUT2D eigenvalue weighted by Gasteiger charge is -2.27. The van der Waals surface area contributed by atoms with Crippen molar-refractivity contribution in [3.8, 4) is 6.07 Å². The van der Waals surface area contributed by atoms with E-state index in [0.29, 0.717) is 13.2 Å². The van der Waals surface area contributed by atoms with Gasteiger partial charge in [0.25, 0.3) is 0 Å². The summed E-state index contributed by atoms with van der Waals surface area (Å²) < 4.78 is 16.8. The summed E-state index contributed by atoms with van der Waals surface area (Å²) in [4.78, 5) is 0. The van der Waals surface area contributed by atoms with Gasteiger partial charge < -0.3 is 14.2 Å². The minimum Gasteiger partial charge on any atom is -0.379 e. The van der Waals surface area contributed by atoms with Crippen molar-refractivity contribution in [3.63, 3.8) is 0 Å². The number of nitrogens with zero attached hydrogens (tertiary/aromatic N) is 1. The first kappa shape index (κ1) is 13.4. The summed E-state index contributed by atoms with van der Waals surface area (Å²) >= 11 is 0. The molecule has 0 bridgehead atoms. The third-order valence-electron chi connectivity index (χ3n) is 2.81. The van der Waals surface area contributed by atoms with Gasteiger partial charge in [-0.1, -0.05) is 6.92 Å². The number of hydrogen-bond acceptors (Lipinski definition) is 4. The molecule has 92 valence electrons. The Morgan fingerprint density at radius 2 is 2.31 bits per heavy atom. The van der Waals surface area contributed by atoms with Gasteiger partial charge in [0.2, 0.25) is 0 Å². The summed E-state index contributed by atoms with van der Waals surface area (Å²) in [6.45, 7) is 6.45. The first-order valence-corrected chi connectivity index (χ1v) is 5.98. The van der Waals surface area contributed by atoms with Crippen LogP contribution in [0, 0.1) is 17.2 Å². The molecule has 3 atom stereocenters. The van der Waals surface area contributed by atoms with Gasteiger partial charge in [-0.15, -0.1) is 0 Å². The molecule has 0 aliphatic carbocycles. The van der Waals surface area contributed by atoms with Gasteiger partial charge in [0.1, 0.15) is 6.10 Å². The van der Waals surface area contributed by atoms with Gasteiger partial charge in [-0.2, -0.15) is 5.26 Å². The third-order valence-corrected chi connectivity index (χ3v) is 2.81. The summed E-state index contributed by atoms with van der Waals surface area (Å²) in [6.07, 6.45) is 1.74. The van der Waals surface area contributed by atoms with Crippen molar-refractivity contribution in [3.05, 3.63) is 0 Å². The van der Waals surface area contributed by atoms with Gasteiger partial charge in [0.05, 0.1) is 31.3 Å². The van der Waals surface area contributed by atoms with E-state index in [1.165, 1.54) is 0 Å². The van der Waals surface area contributed by atoms with Crippen LogP contribution in [0.5, 0.6) is 0 Å². The molecule has 1 fully saturated rings. The molecule has 1 aliphatic heterocycles. The summed E-state index contributed by atoms with van der Waals surface area (Å²) in [5.41, 5.74) is 0. The highest BCUT2D eigenvalue weighted by molar-refractivity contribution is 4.82. The molecule has 0 radical (unpaired) electrons. The largest absolute Gasteiger partial charge is 0.379 e. The van der Waals surface area contributed by atoms with Gasteiger partial charge in [0.15, 0.2) is 0 Å². The van der Waals surface area contributed by atoms with Crippen molar-refractivity contribution in [2.75, 3.05) is 26.4 Å². The van der Waals surface area contributed by atoms with Crippen LogP contribution in [0.2, 0.25) is 0 Å². The fourth-order valence-corrected chi connectivity index (χ4v) is 1.54. The third kappa shape index (κ3) is 4.48. The van der Waals surface area contributed by atoms with Crippen LogP contribution in [0.15, 0.2) is 0 Å². The summed E-state index contributed by atoms with van der Waals surface area (Å²) in [7, 11) is 0. The molecule has 1 heterocycles. The zero-order valence-corrected chi connectivity index (χ0v) is 10.1. The second kappa shape index (κ2) is 7.61. The number of hydrogen-bond donors (Lipinski definition) is 0. The van der Waals surface area contributed by atoms with Crippen LogP contribution in [0.1, 0.15) is 26.7 Å². The normalized spacial score (nSPS) is 28.8. The van der Waals surface area contributed by atoms with E-state index in [-0.39, 0.29) is 18.1 Å². The average Bonchev–Trinajstić information content (AvgIpc) is 2.28. The van der Waals surface area contributed by atoms with Crippen LogP contribution in [0.4, 0.5) is 0 Å². The Hall–Kier alpha value is -0.630. The average molecular weight is 227 g/mol. The van der Waals surface area contributed by atoms with E-state index in [1.54, 1.807) is 0 Å². The summed E-state index contributed by atoms with van der Waals surface area (Å²) in [6, 6.07) is 2.23. The maximum Gasteiger partial charge on any atom is 0.107 e. The second-order valence-corrected chi connectivity index (χ2v) is 4.11. The minimum atomic E-state index is -0.0531. The maximum absolute atomic E-state index is 8.83. The van der Waals surface area contributed by atoms with Crippen LogP contribution in [-0.4, -0.2) is 38.6 Å². The Labute approximate surface area is 97.5 Å². The molecule has 16 heavy (non-hydrogen) atoms. The van der Waals surface area contributed by atoms with E-state index in [9.17, 15) is 0 Å². The van der Waals surface area contributed by atoms with Gasteiger partial charge in [0, 0.05) is 13.2 Å². The molecule has 0 spiro atoms. The highest BCUT2D eigenvalue weighted by atomic mass is 16.6. The Kier molecular flexibility index (Phi) is 6.39. The maximum atomic E-state index is 8.83. The van der Waals surface area contributed by atoms with Crippen LogP contribution >= 0.6 is 0 Å². The molecule has 1 saturated heterocycles. The van der Waals surface area contributed by atoms with Gasteiger partial charge >= 0.3 is 0 Å². The van der Waals surface area contributed by atoms with E-state index in [2.05, 4.69) is 6.07 Å². The Bertz CT molecular complexity index is 227. The Morgan fingerprint density at radius 1 is 1.50 bits per heavy atom. The number of nitriles is 1. The zero-order chi connectivity index (χ0) is 11.8. The molecular weight excluding hydrogens is 206 g/mol. The van der Waals surface area contributed by atoms with Crippen molar-refractivity contribution >= 4 is 0 Å². The van der Waals surface area contributed by atoms with Gasteiger partial charge in [-0.05, 0) is 19.8 Å². The molecule has 4 heteroatoms. The molecule has 4 nitrogen and oxygen atoms in total. The molecule has 1 rings (SSSR count). The van der Waals surface area contributed by atoms with Crippen molar-refractivity contribution in [2.45, 2.75) is 38.9 Å². The predicted octanol–water partition coefficient (Wildman–Crippen LogP) is 1.75. The van der Waals surface area contributed by atoms with E-state index >= 15 is 0 Å². The second-order valence-electron chi connectivity index (χ2n) is 4.11. The lowest BCUT2D eigenvalue weighted by Crippen LogP contribution is -2.37. The van der Waals surface area contributed by atoms with E-state index in [1.807, 2.05) is 13.8 Å². The summed E-state index contributed by atoms with van der Waals surface area (Å²) in [5.74, 6) is -0.0300. The Balaban J connectivity index is 2.34. The fourth-order valence-electron chi connectivity index (χ4n) is 1.54. The summed E-state index contributed by atoms with van der Waals surface area (Å²) in [5, 5.41) is 8.83. The highest BCUT2D eigenvalue weighted by Crippen LogP contribution is 2.11. The molecule has 0 N–H and O–H groups in total. The molecule has 0 aromatic carbocycles. The van der Waals surface area contributed by atoms with E-state index in [0.717, 1.165) is 26.1 Å². The topological polar surface area (TPSA) is 51.5 Å². The van der Waals surface area contributed by atoms with Crippen molar-refractivity contribution in [1.29, 1.82) is 5.26 Å². The molecule has 1 aliphatic rings. The van der Waals surface area contributed by atoms with Crippen LogP contribution in [0.3, 0.4) is 0 Å². The number of ether oxygens (including phenoxy) is 3. The molecule has 3 unspecified atom stereocenters. The first-order chi connectivity index (χ1) is 7.77. The van der Waals surface area contributed by atoms with E-state index < -0.39 is 0 Å². The van der Waals surface area contributed by atoms with Crippen LogP contribution < -0.4 is 0 Å². The van der Waals surface area contributed by atoms with Crippen molar-refractivity contribution in [2.24, 2.45) is 5.92 Å². The molecular formula is C12H21NO3. The highest BCUT2D eigenvalue weighted by Gasteiger charge is 2.21. The smallest absolute Gasteiger partial charge is 0.107 e. The molecule has 0 amide bonds. The quantitative estimate of drug-likeness (QED) is 0.734. The monoisotopic (exact) mass is 227 g/mol. The van der Waals surface area contributed by atoms with Gasteiger partial charge in [-0.3, -0.25) is 0 Å². The predicted molar refractivity (Wildman–Crippen MR) is 60.0 cm³/mol. The zero-order valence-electron chi connectivity index (χ0n) is 10.1. The number of rotatable bonds is 4. The van der Waals surface area contributed by atoms with Crippen LogP contribution in [-0.2, 0) is 14.2 Å². The standard InChI is InChI=1S/C12H21NO3/c1-3-11(7-13)8-16-12-9-14-5-4-6-15-10(12)2/h10-12H,3-6,8-9H2,1-2H3.